The SMILES string of the molecule is C=CCC(O)NC/C=C/NC(=S)NC(=O)/C=C/C(O)=C(/OC)C(=C)OC. The highest BCUT2D eigenvalue weighted by Crippen LogP contribution is 2.13. The van der Waals surface area contributed by atoms with Crippen molar-refractivity contribution in [1.82, 2.24) is 16.0 Å². The van der Waals surface area contributed by atoms with Crippen LogP contribution in [0, 0.1) is 0 Å². The van der Waals surface area contributed by atoms with E-state index in [1.807, 2.05) is 0 Å². The molecule has 0 radical (unpaired) electrons. The van der Waals surface area contributed by atoms with Gasteiger partial charge in [-0.2, -0.15) is 0 Å². The molecule has 0 aromatic heterocycles. The zero-order valence-corrected chi connectivity index (χ0v) is 15.6. The van der Waals surface area contributed by atoms with Crippen LogP contribution in [-0.4, -0.2) is 48.2 Å². The molecule has 9 heteroatoms. The molecule has 26 heavy (non-hydrogen) atoms. The molecule has 1 unspecified atom stereocenters. The molecule has 0 aliphatic heterocycles. The van der Waals surface area contributed by atoms with Crippen molar-refractivity contribution in [3.63, 3.8) is 0 Å². The third kappa shape index (κ3) is 10.3. The van der Waals surface area contributed by atoms with Crippen LogP contribution in [0.5, 0.6) is 0 Å². The Bertz CT molecular complexity index is 599. The molecule has 0 saturated heterocycles. The quantitative estimate of drug-likeness (QED) is 0.0901. The first-order valence-electron chi connectivity index (χ1n) is 7.53. The van der Waals surface area contributed by atoms with Gasteiger partial charge in [0.05, 0.1) is 14.2 Å². The molecule has 0 aliphatic carbocycles. The van der Waals surface area contributed by atoms with Gasteiger partial charge in [-0.25, -0.2) is 0 Å². The van der Waals surface area contributed by atoms with E-state index in [2.05, 4.69) is 29.1 Å². The predicted molar refractivity (Wildman–Crippen MR) is 104 cm³/mol. The smallest absolute Gasteiger partial charge is 0.250 e. The Balaban J connectivity index is 4.38. The molecule has 5 N–H and O–H groups in total. The van der Waals surface area contributed by atoms with E-state index in [0.29, 0.717) is 13.0 Å². The first kappa shape index (κ1) is 23.4. The standard InChI is InChI=1S/C17H25N3O5S/c1-5-7-14(22)18-10-6-11-19-17(26)20-15(23)9-8-13(21)16(25-4)12(2)24-3/h5-6,8-9,11,14,18,21-22H,1-2,7,10H2,3-4H3,(H2,19,20,23,26)/b9-8+,11-6+,16-13-. The maximum atomic E-state index is 11.7. The molecule has 0 aromatic rings. The van der Waals surface area contributed by atoms with E-state index in [0.717, 1.165) is 12.2 Å². The maximum absolute atomic E-state index is 11.7. The minimum absolute atomic E-state index is 0.00586. The van der Waals surface area contributed by atoms with Gasteiger partial charge in [0.15, 0.2) is 16.6 Å². The van der Waals surface area contributed by atoms with Gasteiger partial charge in [0.2, 0.25) is 11.7 Å². The molecule has 0 rings (SSSR count). The Morgan fingerprint density at radius 2 is 2.00 bits per heavy atom. The van der Waals surface area contributed by atoms with E-state index in [4.69, 9.17) is 21.7 Å². The molecule has 144 valence electrons. The number of ether oxygens (including phenoxy) is 2. The second-order valence-corrected chi connectivity index (χ2v) is 5.10. The number of rotatable bonds is 11. The third-order valence-corrected chi connectivity index (χ3v) is 2.98. The number of thiocarbonyl (C=S) groups is 1. The minimum atomic E-state index is -0.666. The van der Waals surface area contributed by atoms with Gasteiger partial charge < -0.3 is 25.0 Å². The summed E-state index contributed by atoms with van der Waals surface area (Å²) in [6.45, 7) is 7.47. The van der Waals surface area contributed by atoms with Crippen LogP contribution in [0.2, 0.25) is 0 Å². The average Bonchev–Trinajstić information content (AvgIpc) is 2.60. The number of amides is 1. The van der Waals surface area contributed by atoms with Gasteiger partial charge in [0, 0.05) is 25.2 Å². The van der Waals surface area contributed by atoms with E-state index in [1.54, 1.807) is 12.2 Å². The zero-order chi connectivity index (χ0) is 19.9. The lowest BCUT2D eigenvalue weighted by molar-refractivity contribution is -0.115. The first-order chi connectivity index (χ1) is 12.3. The number of nitrogens with one attached hydrogen (secondary N) is 3. The van der Waals surface area contributed by atoms with Crippen molar-refractivity contribution >= 4 is 23.2 Å². The summed E-state index contributed by atoms with van der Waals surface area (Å²) >= 11 is 4.94. The van der Waals surface area contributed by atoms with Crippen molar-refractivity contribution in [2.75, 3.05) is 20.8 Å². The molecule has 1 atom stereocenters. The summed E-state index contributed by atoms with van der Waals surface area (Å²) in [5.41, 5.74) is 0. The van der Waals surface area contributed by atoms with Gasteiger partial charge in [-0.15, -0.1) is 6.58 Å². The fourth-order valence-corrected chi connectivity index (χ4v) is 1.68. The highest BCUT2D eigenvalue weighted by atomic mass is 32.1. The Hall–Kier alpha value is -2.62. The monoisotopic (exact) mass is 383 g/mol. The highest BCUT2D eigenvalue weighted by Gasteiger charge is 2.09. The molecular weight excluding hydrogens is 358 g/mol. The number of aliphatic hydroxyl groups excluding tert-OH is 2. The fraction of sp³-hybridized carbons (Fsp3) is 0.294. The average molecular weight is 383 g/mol. The van der Waals surface area contributed by atoms with E-state index in [-0.39, 0.29) is 22.4 Å². The summed E-state index contributed by atoms with van der Waals surface area (Å²) in [4.78, 5) is 11.7. The van der Waals surface area contributed by atoms with Crippen LogP contribution < -0.4 is 16.0 Å². The molecule has 1 amide bonds. The lowest BCUT2D eigenvalue weighted by atomic mass is 10.3. The van der Waals surface area contributed by atoms with Crippen LogP contribution in [0.25, 0.3) is 0 Å². The fourth-order valence-electron chi connectivity index (χ4n) is 1.51. The molecule has 0 bridgehead atoms. The van der Waals surface area contributed by atoms with Gasteiger partial charge in [-0.05, 0) is 18.3 Å². The Labute approximate surface area is 158 Å². The number of hydrogen-bond acceptors (Lipinski definition) is 7. The van der Waals surface area contributed by atoms with Gasteiger partial charge in [0.1, 0.15) is 6.23 Å². The molecule has 0 aromatic carbocycles. The lowest BCUT2D eigenvalue weighted by Crippen LogP contribution is -2.36. The predicted octanol–water partition coefficient (Wildman–Crippen LogP) is 1.11. The van der Waals surface area contributed by atoms with Crippen LogP contribution in [0.1, 0.15) is 6.42 Å². The molecular formula is C17H25N3O5S. The second kappa shape index (κ2) is 13.6. The zero-order valence-electron chi connectivity index (χ0n) is 14.8. The molecule has 0 spiro atoms. The van der Waals surface area contributed by atoms with E-state index >= 15 is 0 Å². The Morgan fingerprint density at radius 1 is 1.31 bits per heavy atom. The second-order valence-electron chi connectivity index (χ2n) is 4.69. The number of allylic oxidation sites excluding steroid dienone is 1. The number of aliphatic hydroxyl groups is 2. The van der Waals surface area contributed by atoms with Gasteiger partial charge in [-0.1, -0.05) is 18.7 Å². The summed E-state index contributed by atoms with van der Waals surface area (Å²) in [6, 6.07) is 0. The van der Waals surface area contributed by atoms with Crippen molar-refractivity contribution < 1.29 is 24.5 Å². The van der Waals surface area contributed by atoms with Crippen LogP contribution in [0.4, 0.5) is 0 Å². The molecule has 0 aliphatic rings. The largest absolute Gasteiger partial charge is 0.504 e. The number of methoxy groups -OCH3 is 2. The molecule has 0 heterocycles. The number of carbonyl (C=O) groups excluding carboxylic acids is 1. The summed E-state index contributed by atoms with van der Waals surface area (Å²) in [6.07, 6.45) is 6.77. The minimum Gasteiger partial charge on any atom is -0.504 e. The number of hydrogen-bond donors (Lipinski definition) is 5. The van der Waals surface area contributed by atoms with Crippen molar-refractivity contribution in [1.29, 1.82) is 0 Å². The topological polar surface area (TPSA) is 112 Å². The van der Waals surface area contributed by atoms with Crippen LogP contribution in [0.15, 0.2) is 60.9 Å². The molecule has 0 saturated carbocycles. The van der Waals surface area contributed by atoms with Crippen LogP contribution >= 0.6 is 12.2 Å². The van der Waals surface area contributed by atoms with Crippen molar-refractivity contribution in [3.05, 3.63) is 60.9 Å². The van der Waals surface area contributed by atoms with Crippen LogP contribution in [-0.2, 0) is 14.3 Å². The molecule has 8 nitrogen and oxygen atoms in total. The first-order valence-corrected chi connectivity index (χ1v) is 7.93. The van der Waals surface area contributed by atoms with Gasteiger partial charge >= 0.3 is 0 Å². The van der Waals surface area contributed by atoms with Gasteiger partial charge in [-0.3, -0.25) is 15.4 Å². The Morgan fingerprint density at radius 3 is 2.58 bits per heavy atom. The lowest BCUT2D eigenvalue weighted by Gasteiger charge is -2.09. The van der Waals surface area contributed by atoms with Crippen molar-refractivity contribution in [2.45, 2.75) is 12.6 Å². The van der Waals surface area contributed by atoms with Crippen molar-refractivity contribution in [2.24, 2.45) is 0 Å². The van der Waals surface area contributed by atoms with Crippen LogP contribution in [0.3, 0.4) is 0 Å². The normalized spacial score (nSPS) is 13.0. The summed E-state index contributed by atoms with van der Waals surface area (Å²) in [7, 11) is 2.71. The van der Waals surface area contributed by atoms with E-state index in [1.165, 1.54) is 20.4 Å². The number of carbonyl (C=O) groups is 1. The molecule has 0 fully saturated rings. The summed E-state index contributed by atoms with van der Waals surface area (Å²) in [5, 5.41) is 27.2. The van der Waals surface area contributed by atoms with E-state index < -0.39 is 12.1 Å². The summed E-state index contributed by atoms with van der Waals surface area (Å²) < 4.78 is 9.78. The Kier molecular flexibility index (Phi) is 12.3. The highest BCUT2D eigenvalue weighted by molar-refractivity contribution is 7.80. The van der Waals surface area contributed by atoms with Gasteiger partial charge in [0.25, 0.3) is 0 Å². The van der Waals surface area contributed by atoms with Crippen molar-refractivity contribution in [3.8, 4) is 0 Å². The van der Waals surface area contributed by atoms with E-state index in [9.17, 15) is 15.0 Å². The third-order valence-electron chi connectivity index (χ3n) is 2.76. The maximum Gasteiger partial charge on any atom is 0.250 e. The summed E-state index contributed by atoms with van der Waals surface area (Å²) in [5.74, 6) is -0.756.